The summed E-state index contributed by atoms with van der Waals surface area (Å²) in [6.07, 6.45) is 9.04. The number of pyridine rings is 1. The maximum atomic E-state index is 4.47. The second-order valence-electron chi connectivity index (χ2n) is 4.34. The van der Waals surface area contributed by atoms with Crippen molar-refractivity contribution >= 4 is 16.6 Å². The number of rotatable bonds is 1. The van der Waals surface area contributed by atoms with E-state index in [0.29, 0.717) is 0 Å². The van der Waals surface area contributed by atoms with Gasteiger partial charge in [-0.3, -0.25) is 9.67 Å². The van der Waals surface area contributed by atoms with Crippen molar-refractivity contribution in [2.24, 2.45) is 7.05 Å². The molecule has 0 N–H and O–H groups in total. The Labute approximate surface area is 108 Å². The number of fused-ring (bicyclic) bond motifs is 2. The van der Waals surface area contributed by atoms with E-state index in [4.69, 9.17) is 0 Å². The van der Waals surface area contributed by atoms with Gasteiger partial charge in [-0.15, -0.1) is 0 Å². The van der Waals surface area contributed by atoms with Gasteiger partial charge in [0.15, 0.2) is 5.65 Å². The third kappa shape index (κ3) is 1.43. The van der Waals surface area contributed by atoms with Gasteiger partial charge in [-0.2, -0.15) is 10.2 Å². The zero-order valence-corrected chi connectivity index (χ0v) is 10.2. The van der Waals surface area contributed by atoms with Gasteiger partial charge in [0.2, 0.25) is 0 Å². The Balaban J connectivity index is 2.01. The van der Waals surface area contributed by atoms with E-state index in [1.807, 2.05) is 36.3 Å². The van der Waals surface area contributed by atoms with E-state index >= 15 is 0 Å². The summed E-state index contributed by atoms with van der Waals surface area (Å²) in [5.74, 6) is 0. The molecule has 0 bridgehead atoms. The minimum Gasteiger partial charge on any atom is -0.268 e. The number of aryl methyl sites for hydroxylation is 1. The molecule has 4 aromatic heterocycles. The first-order chi connectivity index (χ1) is 9.33. The monoisotopic (exact) mass is 250 g/mol. The molecule has 19 heavy (non-hydrogen) atoms. The fourth-order valence-corrected chi connectivity index (χ4v) is 2.20. The maximum Gasteiger partial charge on any atom is 0.164 e. The highest BCUT2D eigenvalue weighted by Crippen LogP contribution is 2.24. The van der Waals surface area contributed by atoms with E-state index in [9.17, 15) is 0 Å². The van der Waals surface area contributed by atoms with Gasteiger partial charge < -0.3 is 0 Å². The fraction of sp³-hybridized carbons (Fsp3) is 0.0769. The van der Waals surface area contributed by atoms with Crippen molar-refractivity contribution in [3.63, 3.8) is 0 Å². The summed E-state index contributed by atoms with van der Waals surface area (Å²) in [7, 11) is 1.92. The Kier molecular flexibility index (Phi) is 1.94. The van der Waals surface area contributed by atoms with Gasteiger partial charge in [0.05, 0.1) is 29.2 Å². The predicted octanol–water partition coefficient (Wildman–Crippen LogP) is 1.68. The summed E-state index contributed by atoms with van der Waals surface area (Å²) >= 11 is 0. The molecule has 0 spiro atoms. The van der Waals surface area contributed by atoms with Crippen molar-refractivity contribution in [1.82, 2.24) is 29.4 Å². The number of aromatic nitrogens is 6. The topological polar surface area (TPSA) is 60.9 Å². The van der Waals surface area contributed by atoms with Gasteiger partial charge in [0.25, 0.3) is 0 Å². The first kappa shape index (κ1) is 10.2. The average Bonchev–Trinajstić information content (AvgIpc) is 3.03. The lowest BCUT2D eigenvalue weighted by atomic mass is 10.2. The quantitative estimate of drug-likeness (QED) is 0.515. The van der Waals surface area contributed by atoms with Crippen molar-refractivity contribution in [2.45, 2.75) is 0 Å². The number of hydrogen-bond donors (Lipinski definition) is 0. The van der Waals surface area contributed by atoms with Gasteiger partial charge in [-0.25, -0.2) is 9.50 Å². The van der Waals surface area contributed by atoms with Crippen LogP contribution in [0.15, 0.2) is 43.1 Å². The van der Waals surface area contributed by atoms with Crippen LogP contribution in [0, 0.1) is 0 Å². The van der Waals surface area contributed by atoms with Crippen LogP contribution in [0.3, 0.4) is 0 Å². The van der Waals surface area contributed by atoms with E-state index in [0.717, 1.165) is 27.8 Å². The van der Waals surface area contributed by atoms with Gasteiger partial charge in [-0.1, -0.05) is 0 Å². The highest BCUT2D eigenvalue weighted by Gasteiger charge is 2.10. The molecule has 0 aliphatic rings. The Morgan fingerprint density at radius 2 is 2.00 bits per heavy atom. The minimum atomic E-state index is 0.802. The van der Waals surface area contributed by atoms with Crippen LogP contribution in [0.25, 0.3) is 27.8 Å². The molecule has 6 nitrogen and oxygen atoms in total. The number of nitrogens with zero attached hydrogens (tertiary/aromatic N) is 6. The Morgan fingerprint density at radius 3 is 2.95 bits per heavy atom. The highest BCUT2D eigenvalue weighted by molar-refractivity contribution is 5.84. The van der Waals surface area contributed by atoms with Crippen LogP contribution in [0.2, 0.25) is 0 Å². The van der Waals surface area contributed by atoms with Crippen molar-refractivity contribution in [3.8, 4) is 11.3 Å². The molecular formula is C13H10N6. The SMILES string of the molecule is Cn1ncc2cnc(-c3cnn4cccnc34)cc21. The summed E-state index contributed by atoms with van der Waals surface area (Å²) in [6.45, 7) is 0. The molecule has 0 atom stereocenters. The Bertz CT molecular complexity index is 888. The summed E-state index contributed by atoms with van der Waals surface area (Å²) < 4.78 is 3.57. The Hall–Kier alpha value is -2.76. The lowest BCUT2D eigenvalue weighted by Crippen LogP contribution is -1.91. The zero-order valence-electron chi connectivity index (χ0n) is 10.2. The first-order valence-corrected chi connectivity index (χ1v) is 5.89. The average molecular weight is 250 g/mol. The lowest BCUT2D eigenvalue weighted by Gasteiger charge is -1.99. The summed E-state index contributed by atoms with van der Waals surface area (Å²) in [6, 6.07) is 3.86. The summed E-state index contributed by atoms with van der Waals surface area (Å²) in [5, 5.41) is 9.52. The van der Waals surface area contributed by atoms with E-state index in [1.54, 1.807) is 23.1 Å². The molecule has 0 unspecified atom stereocenters. The van der Waals surface area contributed by atoms with Crippen LogP contribution in [-0.2, 0) is 7.05 Å². The molecule has 0 radical (unpaired) electrons. The second-order valence-corrected chi connectivity index (χ2v) is 4.34. The van der Waals surface area contributed by atoms with Crippen molar-refractivity contribution in [3.05, 3.63) is 43.1 Å². The number of hydrogen-bond acceptors (Lipinski definition) is 4. The highest BCUT2D eigenvalue weighted by atomic mass is 15.3. The largest absolute Gasteiger partial charge is 0.268 e. The summed E-state index contributed by atoms with van der Waals surface area (Å²) in [5.41, 5.74) is 3.62. The van der Waals surface area contributed by atoms with Gasteiger partial charge >= 0.3 is 0 Å². The third-order valence-electron chi connectivity index (χ3n) is 3.19. The third-order valence-corrected chi connectivity index (χ3v) is 3.19. The molecule has 0 aliphatic carbocycles. The first-order valence-electron chi connectivity index (χ1n) is 5.89. The molecule has 4 rings (SSSR count). The molecule has 6 heteroatoms. The van der Waals surface area contributed by atoms with Crippen LogP contribution in [0.5, 0.6) is 0 Å². The van der Waals surface area contributed by atoms with Gasteiger partial charge in [-0.05, 0) is 12.1 Å². The molecule has 0 amide bonds. The lowest BCUT2D eigenvalue weighted by molar-refractivity contribution is 0.797. The molecule has 0 saturated heterocycles. The maximum absolute atomic E-state index is 4.47. The molecular weight excluding hydrogens is 240 g/mol. The Morgan fingerprint density at radius 1 is 1.05 bits per heavy atom. The van der Waals surface area contributed by atoms with Crippen LogP contribution in [-0.4, -0.2) is 29.4 Å². The molecule has 0 fully saturated rings. The van der Waals surface area contributed by atoms with E-state index in [-0.39, 0.29) is 0 Å². The van der Waals surface area contributed by atoms with E-state index in [1.165, 1.54) is 0 Å². The summed E-state index contributed by atoms with van der Waals surface area (Å²) in [4.78, 5) is 8.81. The molecule has 0 aromatic carbocycles. The molecule has 92 valence electrons. The van der Waals surface area contributed by atoms with Crippen molar-refractivity contribution in [1.29, 1.82) is 0 Å². The van der Waals surface area contributed by atoms with Gasteiger partial charge in [0, 0.05) is 31.0 Å². The van der Waals surface area contributed by atoms with E-state index in [2.05, 4.69) is 20.2 Å². The smallest absolute Gasteiger partial charge is 0.164 e. The molecule has 0 saturated carbocycles. The van der Waals surface area contributed by atoms with E-state index < -0.39 is 0 Å². The van der Waals surface area contributed by atoms with Crippen molar-refractivity contribution < 1.29 is 0 Å². The second kappa shape index (κ2) is 3.61. The van der Waals surface area contributed by atoms with Gasteiger partial charge in [0.1, 0.15) is 0 Å². The predicted molar refractivity (Wildman–Crippen MR) is 70.5 cm³/mol. The zero-order chi connectivity index (χ0) is 12.8. The minimum absolute atomic E-state index is 0.802. The standard InChI is InChI=1S/C13H10N6/c1-18-12-5-11(15-6-9(12)7-16-18)10-8-17-19-4-2-3-14-13(10)19/h2-8H,1H3. The molecule has 4 heterocycles. The van der Waals surface area contributed by atoms with Crippen LogP contribution in [0.4, 0.5) is 0 Å². The normalized spacial score (nSPS) is 11.4. The molecule has 0 aliphatic heterocycles. The van der Waals surface area contributed by atoms with Crippen LogP contribution >= 0.6 is 0 Å². The van der Waals surface area contributed by atoms with Crippen LogP contribution < -0.4 is 0 Å². The van der Waals surface area contributed by atoms with Crippen molar-refractivity contribution in [2.75, 3.05) is 0 Å². The fourth-order valence-electron chi connectivity index (χ4n) is 2.20. The molecule has 4 aromatic rings. The van der Waals surface area contributed by atoms with Crippen LogP contribution in [0.1, 0.15) is 0 Å².